The Bertz CT molecular complexity index is 503. The highest BCUT2D eigenvalue weighted by molar-refractivity contribution is 6.36. The summed E-state index contributed by atoms with van der Waals surface area (Å²) in [6.07, 6.45) is 0. The molecule has 0 spiro atoms. The van der Waals surface area contributed by atoms with Gasteiger partial charge in [-0.3, -0.25) is 0 Å². The van der Waals surface area contributed by atoms with E-state index in [9.17, 15) is 0 Å². The maximum atomic E-state index is 6.11. The predicted octanol–water partition coefficient (Wildman–Crippen LogP) is 4.91. The summed E-state index contributed by atoms with van der Waals surface area (Å²) in [7, 11) is 0. The van der Waals surface area contributed by atoms with Crippen molar-refractivity contribution >= 4 is 28.9 Å². The zero-order valence-electron chi connectivity index (χ0n) is 9.50. The van der Waals surface area contributed by atoms with Crippen LogP contribution in [0.5, 0.6) is 0 Å². The first-order valence-electron chi connectivity index (χ1n) is 5.41. The first-order chi connectivity index (χ1) is 8.18. The van der Waals surface area contributed by atoms with Gasteiger partial charge in [-0.15, -0.1) is 0 Å². The van der Waals surface area contributed by atoms with Crippen LogP contribution in [0.3, 0.4) is 0 Å². The van der Waals surface area contributed by atoms with E-state index >= 15 is 0 Å². The zero-order valence-corrected chi connectivity index (χ0v) is 11.0. The third-order valence-corrected chi connectivity index (χ3v) is 3.37. The van der Waals surface area contributed by atoms with Gasteiger partial charge in [0, 0.05) is 27.8 Å². The molecule has 1 N–H and O–H groups in total. The Balaban J connectivity index is 2.16. The normalized spacial score (nSPS) is 10.3. The Morgan fingerprint density at radius 3 is 2.24 bits per heavy atom. The number of anilines is 1. The molecule has 88 valence electrons. The maximum Gasteiger partial charge on any atom is 0.0470 e. The SMILES string of the molecule is Cc1ccccc1NCc1c(Cl)cccc1Cl. The van der Waals surface area contributed by atoms with Crippen molar-refractivity contribution in [2.45, 2.75) is 13.5 Å². The highest BCUT2D eigenvalue weighted by atomic mass is 35.5. The standard InChI is InChI=1S/C14H13Cl2N/c1-10-5-2-3-8-14(10)17-9-11-12(15)6-4-7-13(11)16/h2-8,17H,9H2,1H3. The minimum absolute atomic E-state index is 0.628. The molecule has 0 aliphatic carbocycles. The van der Waals surface area contributed by atoms with Crippen LogP contribution in [0.25, 0.3) is 0 Å². The highest BCUT2D eigenvalue weighted by Crippen LogP contribution is 2.25. The average Bonchev–Trinajstić information content (AvgIpc) is 2.30. The van der Waals surface area contributed by atoms with Gasteiger partial charge >= 0.3 is 0 Å². The van der Waals surface area contributed by atoms with E-state index in [0.29, 0.717) is 16.6 Å². The third kappa shape index (κ3) is 2.93. The minimum atomic E-state index is 0.628. The molecule has 1 nitrogen and oxygen atoms in total. The quantitative estimate of drug-likeness (QED) is 0.831. The number of hydrogen-bond donors (Lipinski definition) is 1. The van der Waals surface area contributed by atoms with Gasteiger partial charge in [-0.2, -0.15) is 0 Å². The van der Waals surface area contributed by atoms with Gasteiger partial charge in [-0.1, -0.05) is 47.5 Å². The average molecular weight is 266 g/mol. The van der Waals surface area contributed by atoms with Gasteiger partial charge in [-0.05, 0) is 30.7 Å². The number of aryl methyl sites for hydroxylation is 1. The molecule has 2 aromatic rings. The van der Waals surface area contributed by atoms with Crippen LogP contribution in [0.2, 0.25) is 10.0 Å². The Hall–Kier alpha value is -1.18. The molecule has 0 bridgehead atoms. The van der Waals surface area contributed by atoms with Crippen molar-refractivity contribution in [3.63, 3.8) is 0 Å². The van der Waals surface area contributed by atoms with E-state index in [1.54, 1.807) is 0 Å². The predicted molar refractivity (Wildman–Crippen MR) is 75.0 cm³/mol. The van der Waals surface area contributed by atoms with Gasteiger partial charge in [-0.25, -0.2) is 0 Å². The fourth-order valence-electron chi connectivity index (χ4n) is 1.66. The van der Waals surface area contributed by atoms with E-state index in [1.807, 2.05) is 36.4 Å². The summed E-state index contributed by atoms with van der Waals surface area (Å²) in [5.74, 6) is 0. The molecule has 0 fully saturated rings. The molecule has 0 amide bonds. The van der Waals surface area contributed by atoms with Crippen molar-refractivity contribution < 1.29 is 0 Å². The summed E-state index contributed by atoms with van der Waals surface area (Å²) >= 11 is 12.2. The topological polar surface area (TPSA) is 12.0 Å². The van der Waals surface area contributed by atoms with E-state index in [4.69, 9.17) is 23.2 Å². The van der Waals surface area contributed by atoms with Crippen molar-refractivity contribution in [2.24, 2.45) is 0 Å². The molecule has 0 heterocycles. The molecule has 0 atom stereocenters. The molecule has 2 aromatic carbocycles. The molecule has 0 aromatic heterocycles. The number of nitrogens with one attached hydrogen (secondary N) is 1. The van der Waals surface area contributed by atoms with Crippen molar-refractivity contribution in [2.75, 3.05) is 5.32 Å². The summed E-state index contributed by atoms with van der Waals surface area (Å²) in [6.45, 7) is 2.69. The van der Waals surface area contributed by atoms with Crippen molar-refractivity contribution in [1.29, 1.82) is 0 Å². The second kappa shape index (κ2) is 5.44. The van der Waals surface area contributed by atoms with E-state index in [-0.39, 0.29) is 0 Å². The minimum Gasteiger partial charge on any atom is -0.381 e. The smallest absolute Gasteiger partial charge is 0.0470 e. The molecule has 17 heavy (non-hydrogen) atoms. The summed E-state index contributed by atoms with van der Waals surface area (Å²) in [4.78, 5) is 0. The van der Waals surface area contributed by atoms with Gasteiger partial charge in [0.05, 0.1) is 0 Å². The van der Waals surface area contributed by atoms with Gasteiger partial charge in [0.2, 0.25) is 0 Å². The molecule has 3 heteroatoms. The fraction of sp³-hybridized carbons (Fsp3) is 0.143. The van der Waals surface area contributed by atoms with E-state index in [0.717, 1.165) is 11.3 Å². The first-order valence-corrected chi connectivity index (χ1v) is 6.16. The van der Waals surface area contributed by atoms with E-state index < -0.39 is 0 Å². The zero-order chi connectivity index (χ0) is 12.3. The largest absolute Gasteiger partial charge is 0.381 e. The van der Waals surface area contributed by atoms with Gasteiger partial charge < -0.3 is 5.32 Å². The van der Waals surface area contributed by atoms with Crippen LogP contribution in [0.1, 0.15) is 11.1 Å². The van der Waals surface area contributed by atoms with Crippen LogP contribution in [0.4, 0.5) is 5.69 Å². The van der Waals surface area contributed by atoms with Crippen LogP contribution < -0.4 is 5.32 Å². The van der Waals surface area contributed by atoms with Gasteiger partial charge in [0.25, 0.3) is 0 Å². The molecule has 0 radical (unpaired) electrons. The maximum absolute atomic E-state index is 6.11. The molecule has 0 aliphatic rings. The molecule has 2 rings (SSSR count). The molecular weight excluding hydrogens is 253 g/mol. The number of benzene rings is 2. The Labute approximate surface area is 111 Å². The van der Waals surface area contributed by atoms with Gasteiger partial charge in [0.15, 0.2) is 0 Å². The van der Waals surface area contributed by atoms with Crippen LogP contribution in [0, 0.1) is 6.92 Å². The number of halogens is 2. The first kappa shape index (κ1) is 12.3. The monoisotopic (exact) mass is 265 g/mol. The van der Waals surface area contributed by atoms with Crippen molar-refractivity contribution in [3.05, 3.63) is 63.6 Å². The number of hydrogen-bond acceptors (Lipinski definition) is 1. The third-order valence-electron chi connectivity index (χ3n) is 2.66. The van der Waals surface area contributed by atoms with Crippen LogP contribution in [0.15, 0.2) is 42.5 Å². The second-order valence-corrected chi connectivity index (χ2v) is 4.68. The Morgan fingerprint density at radius 2 is 1.59 bits per heavy atom. The van der Waals surface area contributed by atoms with Crippen LogP contribution in [-0.4, -0.2) is 0 Å². The molecule has 0 unspecified atom stereocenters. The fourth-order valence-corrected chi connectivity index (χ4v) is 2.19. The lowest BCUT2D eigenvalue weighted by atomic mass is 10.2. The van der Waals surface area contributed by atoms with Crippen molar-refractivity contribution in [3.8, 4) is 0 Å². The lowest BCUT2D eigenvalue weighted by molar-refractivity contribution is 1.14. The summed E-state index contributed by atoms with van der Waals surface area (Å²) < 4.78 is 0. The lowest BCUT2D eigenvalue weighted by Gasteiger charge is -2.11. The molecule has 0 saturated heterocycles. The lowest BCUT2D eigenvalue weighted by Crippen LogP contribution is -2.02. The summed E-state index contributed by atoms with van der Waals surface area (Å²) in [5.41, 5.74) is 3.23. The Kier molecular flexibility index (Phi) is 3.93. The van der Waals surface area contributed by atoms with E-state index in [2.05, 4.69) is 18.3 Å². The van der Waals surface area contributed by atoms with Crippen molar-refractivity contribution in [1.82, 2.24) is 0 Å². The molecular formula is C14H13Cl2N. The van der Waals surface area contributed by atoms with Crippen LogP contribution >= 0.6 is 23.2 Å². The molecule has 0 aliphatic heterocycles. The number of rotatable bonds is 3. The summed E-state index contributed by atoms with van der Waals surface area (Å²) in [6, 6.07) is 13.7. The second-order valence-electron chi connectivity index (χ2n) is 3.87. The highest BCUT2D eigenvalue weighted by Gasteiger charge is 2.05. The van der Waals surface area contributed by atoms with E-state index in [1.165, 1.54) is 5.56 Å². The van der Waals surface area contributed by atoms with Gasteiger partial charge in [0.1, 0.15) is 0 Å². The van der Waals surface area contributed by atoms with Crippen LogP contribution in [-0.2, 0) is 6.54 Å². The molecule has 0 saturated carbocycles. The summed E-state index contributed by atoms with van der Waals surface area (Å²) in [5, 5.41) is 4.73. The Morgan fingerprint density at radius 1 is 0.941 bits per heavy atom. The number of para-hydroxylation sites is 1.